The molecule has 22 heavy (non-hydrogen) atoms. The van der Waals surface area contributed by atoms with Crippen molar-refractivity contribution in [2.45, 2.75) is 6.10 Å². The quantitative estimate of drug-likeness (QED) is 0.742. The number of hydrogen-bond donors (Lipinski definition) is 2. The average Bonchev–Trinajstić information content (AvgIpc) is 2.80. The number of aliphatic hydroxyl groups is 1. The lowest BCUT2D eigenvalue weighted by atomic mass is 10.1. The Kier molecular flexibility index (Phi) is 4.04. The molecule has 8 heteroatoms. The molecule has 3 aromatic rings. The minimum absolute atomic E-state index is 0.191. The van der Waals surface area contributed by atoms with Crippen LogP contribution in [0.4, 0.5) is 10.2 Å². The van der Waals surface area contributed by atoms with Crippen molar-refractivity contribution >= 4 is 32.8 Å². The van der Waals surface area contributed by atoms with Crippen LogP contribution in [0, 0.1) is 5.82 Å². The van der Waals surface area contributed by atoms with Crippen LogP contribution in [-0.2, 0) is 7.05 Å². The predicted octanol–water partition coefficient (Wildman–Crippen LogP) is 2.41. The van der Waals surface area contributed by atoms with Gasteiger partial charge in [-0.3, -0.25) is 0 Å². The standard InChI is InChI=1S/C14H13BrFN5O/c1-21-14-11(12(15)20-21)13(18-7-19-14)17-6-10(22)8-3-2-4-9(16)5-8/h2-5,7,10,22H,6H2,1H3,(H,17,18,19). The summed E-state index contributed by atoms with van der Waals surface area (Å²) in [4.78, 5) is 8.34. The Bertz CT molecular complexity index is 822. The van der Waals surface area contributed by atoms with Crippen LogP contribution in [-0.4, -0.2) is 31.4 Å². The van der Waals surface area contributed by atoms with Crippen molar-refractivity contribution in [1.29, 1.82) is 0 Å². The molecule has 2 aromatic heterocycles. The van der Waals surface area contributed by atoms with E-state index in [2.05, 4.69) is 36.3 Å². The van der Waals surface area contributed by atoms with Gasteiger partial charge in [0.15, 0.2) is 5.65 Å². The molecule has 1 aromatic carbocycles. The number of nitrogens with one attached hydrogen (secondary N) is 1. The van der Waals surface area contributed by atoms with E-state index < -0.39 is 6.10 Å². The maximum Gasteiger partial charge on any atom is 0.164 e. The Morgan fingerprint density at radius 1 is 1.41 bits per heavy atom. The Hall–Kier alpha value is -2.06. The largest absolute Gasteiger partial charge is 0.387 e. The number of aliphatic hydroxyl groups excluding tert-OH is 1. The fourth-order valence-corrected chi connectivity index (χ4v) is 2.80. The first-order valence-electron chi connectivity index (χ1n) is 6.57. The molecule has 0 fully saturated rings. The van der Waals surface area contributed by atoms with Gasteiger partial charge < -0.3 is 10.4 Å². The molecule has 1 unspecified atom stereocenters. The molecule has 114 valence electrons. The second-order valence-corrected chi connectivity index (χ2v) is 5.54. The molecule has 0 saturated heterocycles. The van der Waals surface area contributed by atoms with Gasteiger partial charge in [0.05, 0.1) is 11.5 Å². The minimum atomic E-state index is -0.851. The van der Waals surface area contributed by atoms with Gasteiger partial charge in [0.25, 0.3) is 0 Å². The summed E-state index contributed by atoms with van der Waals surface area (Å²) in [5, 5.41) is 18.2. The van der Waals surface area contributed by atoms with Crippen LogP contribution >= 0.6 is 15.9 Å². The maximum absolute atomic E-state index is 13.2. The average molecular weight is 366 g/mol. The number of fused-ring (bicyclic) bond motifs is 1. The zero-order valence-corrected chi connectivity index (χ0v) is 13.2. The number of halogens is 2. The number of nitrogens with zero attached hydrogens (tertiary/aromatic N) is 4. The highest BCUT2D eigenvalue weighted by atomic mass is 79.9. The summed E-state index contributed by atoms with van der Waals surface area (Å²) in [5.41, 5.74) is 1.17. The highest BCUT2D eigenvalue weighted by molar-refractivity contribution is 9.10. The first kappa shape index (κ1) is 14.9. The van der Waals surface area contributed by atoms with E-state index in [0.29, 0.717) is 21.6 Å². The second kappa shape index (κ2) is 5.98. The van der Waals surface area contributed by atoms with Gasteiger partial charge in [-0.05, 0) is 33.6 Å². The molecule has 0 aliphatic rings. The van der Waals surface area contributed by atoms with Crippen LogP contribution in [0.2, 0.25) is 0 Å². The lowest BCUT2D eigenvalue weighted by Crippen LogP contribution is -2.13. The van der Waals surface area contributed by atoms with Gasteiger partial charge in [0, 0.05) is 13.6 Å². The normalized spacial score (nSPS) is 12.5. The van der Waals surface area contributed by atoms with Gasteiger partial charge >= 0.3 is 0 Å². The molecule has 1 atom stereocenters. The number of benzene rings is 1. The predicted molar refractivity (Wildman–Crippen MR) is 83.9 cm³/mol. The fraction of sp³-hybridized carbons (Fsp3) is 0.214. The molecule has 2 heterocycles. The van der Waals surface area contributed by atoms with Crippen LogP contribution in [0.3, 0.4) is 0 Å². The van der Waals surface area contributed by atoms with Gasteiger partial charge in [-0.15, -0.1) is 0 Å². The Morgan fingerprint density at radius 2 is 2.23 bits per heavy atom. The molecule has 0 bridgehead atoms. The summed E-state index contributed by atoms with van der Waals surface area (Å²) in [6, 6.07) is 5.88. The molecule has 0 aliphatic heterocycles. The van der Waals surface area contributed by atoms with E-state index in [1.165, 1.54) is 18.5 Å². The molecule has 0 spiro atoms. The maximum atomic E-state index is 13.2. The van der Waals surface area contributed by atoms with Gasteiger partial charge in [-0.2, -0.15) is 5.10 Å². The van der Waals surface area contributed by atoms with Crippen molar-refractivity contribution in [3.05, 3.63) is 46.6 Å². The van der Waals surface area contributed by atoms with Crippen molar-refractivity contribution in [2.75, 3.05) is 11.9 Å². The third-order valence-corrected chi connectivity index (χ3v) is 3.83. The van der Waals surface area contributed by atoms with E-state index in [1.807, 2.05) is 0 Å². The third kappa shape index (κ3) is 2.79. The summed E-state index contributed by atoms with van der Waals surface area (Å²) in [5.74, 6) is 0.177. The molecular weight excluding hydrogens is 353 g/mol. The fourth-order valence-electron chi connectivity index (χ4n) is 2.20. The molecule has 6 nitrogen and oxygen atoms in total. The van der Waals surface area contributed by atoms with Crippen molar-refractivity contribution in [2.24, 2.45) is 7.05 Å². The number of aromatic nitrogens is 4. The lowest BCUT2D eigenvalue weighted by Gasteiger charge is -2.13. The topological polar surface area (TPSA) is 75.9 Å². The van der Waals surface area contributed by atoms with E-state index in [9.17, 15) is 9.50 Å². The van der Waals surface area contributed by atoms with Crippen molar-refractivity contribution in [3.8, 4) is 0 Å². The van der Waals surface area contributed by atoms with Crippen LogP contribution in [0.5, 0.6) is 0 Å². The van der Waals surface area contributed by atoms with E-state index in [4.69, 9.17) is 0 Å². The van der Waals surface area contributed by atoms with E-state index in [-0.39, 0.29) is 12.4 Å². The number of anilines is 1. The minimum Gasteiger partial charge on any atom is -0.387 e. The monoisotopic (exact) mass is 365 g/mol. The molecule has 3 rings (SSSR count). The molecule has 0 aliphatic carbocycles. The van der Waals surface area contributed by atoms with Gasteiger partial charge in [0.2, 0.25) is 0 Å². The molecule has 2 N–H and O–H groups in total. The number of rotatable bonds is 4. The van der Waals surface area contributed by atoms with E-state index in [0.717, 1.165) is 5.39 Å². The van der Waals surface area contributed by atoms with Crippen molar-refractivity contribution < 1.29 is 9.50 Å². The van der Waals surface area contributed by atoms with Crippen molar-refractivity contribution in [3.63, 3.8) is 0 Å². The number of hydrogen-bond acceptors (Lipinski definition) is 5. The molecule has 0 amide bonds. The molecule has 0 radical (unpaired) electrons. The smallest absolute Gasteiger partial charge is 0.164 e. The second-order valence-electron chi connectivity index (χ2n) is 4.79. The SMILES string of the molecule is Cn1nc(Br)c2c(NCC(O)c3cccc(F)c3)ncnc21. The van der Waals surface area contributed by atoms with Crippen LogP contribution in [0.15, 0.2) is 35.2 Å². The zero-order valence-electron chi connectivity index (χ0n) is 11.7. The summed E-state index contributed by atoms with van der Waals surface area (Å²) >= 11 is 3.37. The summed E-state index contributed by atoms with van der Waals surface area (Å²) < 4.78 is 15.4. The van der Waals surface area contributed by atoms with E-state index in [1.54, 1.807) is 23.9 Å². The van der Waals surface area contributed by atoms with E-state index >= 15 is 0 Å². The van der Waals surface area contributed by atoms with Crippen LogP contribution < -0.4 is 5.32 Å². The molecule has 0 saturated carbocycles. The Morgan fingerprint density at radius 3 is 3.00 bits per heavy atom. The van der Waals surface area contributed by atoms with Crippen LogP contribution in [0.1, 0.15) is 11.7 Å². The Labute approximate surface area is 134 Å². The highest BCUT2D eigenvalue weighted by Crippen LogP contribution is 2.27. The first-order valence-corrected chi connectivity index (χ1v) is 7.36. The van der Waals surface area contributed by atoms with Crippen LogP contribution in [0.25, 0.3) is 11.0 Å². The van der Waals surface area contributed by atoms with Gasteiger partial charge in [-0.1, -0.05) is 12.1 Å². The Balaban J connectivity index is 1.82. The summed E-state index contributed by atoms with van der Waals surface area (Å²) in [7, 11) is 1.78. The van der Waals surface area contributed by atoms with Gasteiger partial charge in [-0.25, -0.2) is 19.0 Å². The van der Waals surface area contributed by atoms with Crippen molar-refractivity contribution in [1.82, 2.24) is 19.7 Å². The first-order chi connectivity index (χ1) is 10.6. The summed E-state index contributed by atoms with van der Waals surface area (Å²) in [6.07, 6.45) is 0.573. The lowest BCUT2D eigenvalue weighted by molar-refractivity contribution is 0.191. The number of aryl methyl sites for hydroxylation is 1. The van der Waals surface area contributed by atoms with Gasteiger partial charge in [0.1, 0.15) is 22.6 Å². The highest BCUT2D eigenvalue weighted by Gasteiger charge is 2.15. The summed E-state index contributed by atoms with van der Waals surface area (Å²) in [6.45, 7) is 0.191. The third-order valence-electron chi connectivity index (χ3n) is 3.27. The zero-order chi connectivity index (χ0) is 15.7. The molecular formula is C14H13BrFN5O.